The standard InChI is InChI=1S/C23H27FN4O3S/c1-31-18-7-2-4-15(10-18)12-28-9-8-20-19(13-28)22(30)27-23(26-20)32-14-21(29)25-17-6-3-5-16(24)11-17/h2-7,10-11,19-20,23,26H,8-9,12-14H2,1H3,(H,25,29)(H,27,30). The van der Waals surface area contributed by atoms with Crippen LogP contribution in [0.25, 0.3) is 0 Å². The molecule has 2 fully saturated rings. The number of benzene rings is 2. The second-order valence-corrected chi connectivity index (χ2v) is 9.11. The first-order chi connectivity index (χ1) is 15.5. The number of carbonyl (C=O) groups is 2. The molecule has 0 radical (unpaired) electrons. The van der Waals surface area contributed by atoms with Crippen molar-refractivity contribution in [1.29, 1.82) is 0 Å². The van der Waals surface area contributed by atoms with Crippen LogP contribution in [0, 0.1) is 11.7 Å². The SMILES string of the molecule is COc1cccc(CN2CCC3NC(SCC(=O)Nc4cccc(F)c4)NC(=O)C3C2)c1. The first-order valence-corrected chi connectivity index (χ1v) is 11.6. The maximum atomic E-state index is 13.3. The van der Waals surface area contributed by atoms with Gasteiger partial charge in [-0.2, -0.15) is 0 Å². The van der Waals surface area contributed by atoms with Gasteiger partial charge in [-0.15, -0.1) is 11.8 Å². The number of nitrogens with zero attached hydrogens (tertiary/aromatic N) is 1. The number of likely N-dealkylation sites (tertiary alicyclic amines) is 1. The molecule has 3 atom stereocenters. The third-order valence-electron chi connectivity index (χ3n) is 5.70. The molecule has 170 valence electrons. The third kappa shape index (κ3) is 5.79. The van der Waals surface area contributed by atoms with Gasteiger partial charge in [-0.3, -0.25) is 19.8 Å². The van der Waals surface area contributed by atoms with Gasteiger partial charge in [0.2, 0.25) is 11.8 Å². The molecule has 7 nitrogen and oxygen atoms in total. The fourth-order valence-electron chi connectivity index (χ4n) is 4.14. The van der Waals surface area contributed by atoms with E-state index in [-0.39, 0.29) is 35.0 Å². The van der Waals surface area contributed by atoms with Crippen molar-refractivity contribution in [3.05, 3.63) is 59.9 Å². The molecule has 2 aromatic carbocycles. The van der Waals surface area contributed by atoms with Crippen molar-refractivity contribution in [3.63, 3.8) is 0 Å². The van der Waals surface area contributed by atoms with Crippen molar-refractivity contribution >= 4 is 29.3 Å². The smallest absolute Gasteiger partial charge is 0.234 e. The highest BCUT2D eigenvalue weighted by atomic mass is 32.2. The highest BCUT2D eigenvalue weighted by Gasteiger charge is 2.40. The minimum atomic E-state index is -0.402. The third-order valence-corrected chi connectivity index (χ3v) is 6.72. The summed E-state index contributed by atoms with van der Waals surface area (Å²) in [5.74, 6) is 0.205. The zero-order valence-electron chi connectivity index (χ0n) is 17.8. The summed E-state index contributed by atoms with van der Waals surface area (Å²) in [6.45, 7) is 2.33. The molecule has 2 heterocycles. The van der Waals surface area contributed by atoms with E-state index < -0.39 is 5.82 Å². The van der Waals surface area contributed by atoms with Crippen LogP contribution in [0.1, 0.15) is 12.0 Å². The quantitative estimate of drug-likeness (QED) is 0.591. The van der Waals surface area contributed by atoms with E-state index in [1.54, 1.807) is 19.2 Å². The molecular weight excluding hydrogens is 431 g/mol. The number of thioether (sulfide) groups is 1. The molecule has 2 aliphatic rings. The molecule has 4 rings (SSSR count). The Kier molecular flexibility index (Phi) is 7.29. The molecule has 2 aromatic rings. The summed E-state index contributed by atoms with van der Waals surface area (Å²) in [6.07, 6.45) is 0.856. The molecule has 2 saturated heterocycles. The molecule has 2 aliphatic heterocycles. The van der Waals surface area contributed by atoms with Crippen molar-refractivity contribution in [2.24, 2.45) is 5.92 Å². The van der Waals surface area contributed by atoms with E-state index in [0.717, 1.165) is 30.8 Å². The van der Waals surface area contributed by atoms with Crippen LogP contribution in [0.2, 0.25) is 0 Å². The van der Waals surface area contributed by atoms with E-state index in [1.165, 1.54) is 23.9 Å². The van der Waals surface area contributed by atoms with Crippen LogP contribution >= 0.6 is 11.8 Å². The number of ether oxygens (including phenoxy) is 1. The largest absolute Gasteiger partial charge is 0.497 e. The van der Waals surface area contributed by atoms with Crippen molar-refractivity contribution in [2.75, 3.05) is 31.3 Å². The molecule has 2 amide bonds. The summed E-state index contributed by atoms with van der Waals surface area (Å²) in [5, 5.41) is 9.11. The molecule has 3 unspecified atom stereocenters. The minimum Gasteiger partial charge on any atom is -0.497 e. The van der Waals surface area contributed by atoms with Gasteiger partial charge in [0, 0.05) is 31.4 Å². The van der Waals surface area contributed by atoms with Crippen LogP contribution in [0.5, 0.6) is 5.75 Å². The zero-order chi connectivity index (χ0) is 22.5. The van der Waals surface area contributed by atoms with Crippen LogP contribution in [0.4, 0.5) is 10.1 Å². The number of methoxy groups -OCH3 is 1. The Labute approximate surface area is 191 Å². The molecule has 3 N–H and O–H groups in total. The Hall–Kier alpha value is -2.62. The van der Waals surface area contributed by atoms with E-state index in [9.17, 15) is 14.0 Å². The van der Waals surface area contributed by atoms with E-state index in [2.05, 4.69) is 26.9 Å². The van der Waals surface area contributed by atoms with Crippen LogP contribution in [-0.2, 0) is 16.1 Å². The van der Waals surface area contributed by atoms with E-state index in [4.69, 9.17) is 4.74 Å². The summed E-state index contributed by atoms with van der Waals surface area (Å²) < 4.78 is 18.6. The van der Waals surface area contributed by atoms with Gasteiger partial charge in [-0.05, 0) is 42.3 Å². The van der Waals surface area contributed by atoms with Gasteiger partial charge < -0.3 is 15.4 Å². The van der Waals surface area contributed by atoms with Gasteiger partial charge >= 0.3 is 0 Å². The highest BCUT2D eigenvalue weighted by Crippen LogP contribution is 2.25. The van der Waals surface area contributed by atoms with E-state index >= 15 is 0 Å². The van der Waals surface area contributed by atoms with Crippen LogP contribution < -0.4 is 20.7 Å². The fourth-order valence-corrected chi connectivity index (χ4v) is 5.00. The van der Waals surface area contributed by atoms with Crippen molar-refractivity contribution < 1.29 is 18.7 Å². The molecule has 0 saturated carbocycles. The lowest BCUT2D eigenvalue weighted by Crippen LogP contribution is -2.64. The Morgan fingerprint density at radius 2 is 2.12 bits per heavy atom. The monoisotopic (exact) mass is 458 g/mol. The number of carbonyl (C=O) groups excluding carboxylic acids is 2. The number of fused-ring (bicyclic) bond motifs is 1. The Balaban J connectivity index is 1.26. The lowest BCUT2D eigenvalue weighted by atomic mass is 9.89. The molecule has 0 spiro atoms. The Bertz CT molecular complexity index is 976. The highest BCUT2D eigenvalue weighted by molar-refractivity contribution is 8.00. The summed E-state index contributed by atoms with van der Waals surface area (Å²) in [5.41, 5.74) is 1.25. The van der Waals surface area contributed by atoms with E-state index in [1.807, 2.05) is 18.2 Å². The lowest BCUT2D eigenvalue weighted by Gasteiger charge is -2.43. The summed E-state index contributed by atoms with van der Waals surface area (Å²) in [6, 6.07) is 13.8. The number of amides is 2. The number of halogens is 1. The number of hydrogen-bond acceptors (Lipinski definition) is 6. The molecule has 0 aliphatic carbocycles. The first kappa shape index (κ1) is 22.6. The summed E-state index contributed by atoms with van der Waals surface area (Å²) in [7, 11) is 1.65. The molecule has 0 bridgehead atoms. The normalized spacial score (nSPS) is 23.2. The average Bonchev–Trinajstić information content (AvgIpc) is 2.78. The van der Waals surface area contributed by atoms with Crippen molar-refractivity contribution in [1.82, 2.24) is 15.5 Å². The number of hydrogen-bond donors (Lipinski definition) is 3. The summed E-state index contributed by atoms with van der Waals surface area (Å²) >= 11 is 1.32. The maximum Gasteiger partial charge on any atom is 0.234 e. The Morgan fingerprint density at radius 3 is 2.94 bits per heavy atom. The maximum absolute atomic E-state index is 13.3. The number of rotatable bonds is 7. The van der Waals surface area contributed by atoms with Gasteiger partial charge in [-0.25, -0.2) is 4.39 Å². The first-order valence-electron chi connectivity index (χ1n) is 10.6. The molecule has 0 aromatic heterocycles. The second kappa shape index (κ2) is 10.3. The number of nitrogens with one attached hydrogen (secondary N) is 3. The average molecular weight is 459 g/mol. The molecular formula is C23H27FN4O3S. The van der Waals surface area contributed by atoms with Gasteiger partial charge in [0.05, 0.1) is 18.8 Å². The van der Waals surface area contributed by atoms with Crippen LogP contribution in [-0.4, -0.2) is 54.2 Å². The minimum absolute atomic E-state index is 0.00660. The summed E-state index contributed by atoms with van der Waals surface area (Å²) in [4.78, 5) is 27.2. The zero-order valence-corrected chi connectivity index (χ0v) is 18.7. The van der Waals surface area contributed by atoms with Gasteiger partial charge in [0.1, 0.15) is 17.1 Å². The molecule has 9 heteroatoms. The predicted octanol–water partition coefficient (Wildman–Crippen LogP) is 2.40. The Morgan fingerprint density at radius 1 is 1.28 bits per heavy atom. The van der Waals surface area contributed by atoms with Crippen LogP contribution in [0.15, 0.2) is 48.5 Å². The van der Waals surface area contributed by atoms with Gasteiger partial charge in [0.25, 0.3) is 0 Å². The predicted molar refractivity (Wildman–Crippen MR) is 123 cm³/mol. The van der Waals surface area contributed by atoms with E-state index in [0.29, 0.717) is 12.2 Å². The number of anilines is 1. The second-order valence-electron chi connectivity index (χ2n) is 8.01. The lowest BCUT2D eigenvalue weighted by molar-refractivity contribution is -0.130. The topological polar surface area (TPSA) is 82.7 Å². The van der Waals surface area contributed by atoms with Crippen LogP contribution in [0.3, 0.4) is 0 Å². The van der Waals surface area contributed by atoms with Crippen molar-refractivity contribution in [3.8, 4) is 5.75 Å². The van der Waals surface area contributed by atoms with Gasteiger partial charge in [-0.1, -0.05) is 18.2 Å². The fraction of sp³-hybridized carbons (Fsp3) is 0.391. The van der Waals surface area contributed by atoms with Gasteiger partial charge in [0.15, 0.2) is 0 Å². The number of piperidine rings is 1. The van der Waals surface area contributed by atoms with Crippen molar-refractivity contribution in [2.45, 2.75) is 24.5 Å². The molecule has 32 heavy (non-hydrogen) atoms.